The van der Waals surface area contributed by atoms with E-state index in [0.717, 1.165) is 36.5 Å². The van der Waals surface area contributed by atoms with Crippen LogP contribution in [0, 0.1) is 6.92 Å². The van der Waals surface area contributed by atoms with Crippen molar-refractivity contribution in [3.8, 4) is 5.88 Å². The molecular formula is C17H28N4O3. The minimum absolute atomic E-state index is 0.139. The molecule has 1 aromatic heterocycles. The molecule has 2 fully saturated rings. The van der Waals surface area contributed by atoms with E-state index in [1.165, 1.54) is 0 Å². The molecule has 7 nitrogen and oxygen atoms in total. The summed E-state index contributed by atoms with van der Waals surface area (Å²) in [6.07, 6.45) is 2.12. The molecule has 0 spiro atoms. The second-order valence-corrected chi connectivity index (χ2v) is 6.64. The van der Waals surface area contributed by atoms with Crippen molar-refractivity contribution in [1.29, 1.82) is 0 Å². The minimum Gasteiger partial charge on any atom is -0.481 e. The fourth-order valence-corrected chi connectivity index (χ4v) is 4.03. The first kappa shape index (κ1) is 17.2. The number of aryl methyl sites for hydroxylation is 2. The molecule has 24 heavy (non-hydrogen) atoms. The highest BCUT2D eigenvalue weighted by Gasteiger charge is 2.38. The number of carbonyl (C=O) groups is 1. The van der Waals surface area contributed by atoms with Crippen molar-refractivity contribution in [2.75, 3.05) is 40.0 Å². The summed E-state index contributed by atoms with van der Waals surface area (Å²) in [6.45, 7) is 7.62. The van der Waals surface area contributed by atoms with Gasteiger partial charge in [0.2, 0.25) is 11.8 Å². The molecule has 2 saturated heterocycles. The van der Waals surface area contributed by atoms with Crippen LogP contribution in [0.3, 0.4) is 0 Å². The van der Waals surface area contributed by atoms with Gasteiger partial charge < -0.3 is 14.4 Å². The molecule has 2 aliphatic heterocycles. The van der Waals surface area contributed by atoms with Crippen LogP contribution in [0.2, 0.25) is 0 Å². The highest BCUT2D eigenvalue weighted by Crippen LogP contribution is 2.40. The summed E-state index contributed by atoms with van der Waals surface area (Å²) in [7, 11) is 3.58. The Morgan fingerprint density at radius 3 is 2.71 bits per heavy atom. The molecule has 0 unspecified atom stereocenters. The lowest BCUT2D eigenvalue weighted by Gasteiger charge is -2.35. The number of ether oxygens (including phenoxy) is 2. The van der Waals surface area contributed by atoms with E-state index in [1.54, 1.807) is 11.8 Å². The highest BCUT2D eigenvalue weighted by molar-refractivity contribution is 5.81. The topological polar surface area (TPSA) is 59.8 Å². The number of likely N-dealkylation sites (tertiary alicyclic amines) is 1. The standard InChI is InChI=1S/C17H28N4O3/c1-12-15(17(23-4)19(3)18-12)14-6-5-7-21(14)13(2)16(22)20-8-10-24-11-9-20/h13-14H,5-11H2,1-4H3/t13-,14-/m0/s1. The largest absolute Gasteiger partial charge is 0.481 e. The van der Waals surface area contributed by atoms with Gasteiger partial charge in [-0.15, -0.1) is 0 Å². The number of aromatic nitrogens is 2. The Bertz CT molecular complexity index is 595. The Morgan fingerprint density at radius 1 is 1.33 bits per heavy atom. The van der Waals surface area contributed by atoms with Crippen molar-refractivity contribution < 1.29 is 14.3 Å². The fraction of sp³-hybridized carbons (Fsp3) is 0.765. The van der Waals surface area contributed by atoms with Crippen LogP contribution in [0.4, 0.5) is 0 Å². The molecule has 3 rings (SSSR count). The van der Waals surface area contributed by atoms with Gasteiger partial charge in [-0.2, -0.15) is 5.10 Å². The summed E-state index contributed by atoms with van der Waals surface area (Å²) in [4.78, 5) is 17.1. The van der Waals surface area contributed by atoms with E-state index >= 15 is 0 Å². The van der Waals surface area contributed by atoms with E-state index < -0.39 is 0 Å². The van der Waals surface area contributed by atoms with Gasteiger partial charge in [0.1, 0.15) is 0 Å². The third-order valence-corrected chi connectivity index (χ3v) is 5.21. The maximum Gasteiger partial charge on any atom is 0.239 e. The van der Waals surface area contributed by atoms with E-state index in [2.05, 4.69) is 10.00 Å². The molecule has 3 heterocycles. The van der Waals surface area contributed by atoms with E-state index in [4.69, 9.17) is 9.47 Å². The average Bonchev–Trinajstić information content (AvgIpc) is 3.17. The third-order valence-electron chi connectivity index (χ3n) is 5.21. The number of methoxy groups -OCH3 is 1. The van der Waals surface area contributed by atoms with Crippen LogP contribution in [0.5, 0.6) is 5.88 Å². The van der Waals surface area contributed by atoms with Gasteiger partial charge in [0.25, 0.3) is 0 Å². The van der Waals surface area contributed by atoms with Crippen LogP contribution in [0.1, 0.15) is 37.1 Å². The van der Waals surface area contributed by atoms with E-state index in [1.807, 2.05) is 25.8 Å². The van der Waals surface area contributed by atoms with Gasteiger partial charge in [-0.3, -0.25) is 9.69 Å². The molecule has 1 amide bonds. The van der Waals surface area contributed by atoms with Gasteiger partial charge in [-0.05, 0) is 33.2 Å². The van der Waals surface area contributed by atoms with E-state index in [-0.39, 0.29) is 18.0 Å². The lowest BCUT2D eigenvalue weighted by molar-refractivity contribution is -0.140. The second kappa shape index (κ2) is 7.11. The first-order valence-electron chi connectivity index (χ1n) is 8.74. The zero-order valence-corrected chi connectivity index (χ0v) is 15.1. The monoisotopic (exact) mass is 336 g/mol. The van der Waals surface area contributed by atoms with Crippen LogP contribution >= 0.6 is 0 Å². The number of morpholine rings is 1. The number of nitrogens with zero attached hydrogens (tertiary/aromatic N) is 4. The smallest absolute Gasteiger partial charge is 0.239 e. The summed E-state index contributed by atoms with van der Waals surface area (Å²) in [5.41, 5.74) is 2.11. The van der Waals surface area contributed by atoms with Crippen LogP contribution in [-0.4, -0.2) is 71.5 Å². The van der Waals surface area contributed by atoms with Gasteiger partial charge >= 0.3 is 0 Å². The molecule has 0 radical (unpaired) electrons. The predicted molar refractivity (Wildman–Crippen MR) is 90.0 cm³/mol. The van der Waals surface area contributed by atoms with Crippen molar-refractivity contribution >= 4 is 5.91 Å². The molecule has 0 aliphatic carbocycles. The zero-order valence-electron chi connectivity index (χ0n) is 15.1. The van der Waals surface area contributed by atoms with Crippen LogP contribution in [0.15, 0.2) is 0 Å². The molecule has 0 saturated carbocycles. The van der Waals surface area contributed by atoms with E-state index in [0.29, 0.717) is 26.3 Å². The highest BCUT2D eigenvalue weighted by atomic mass is 16.5. The normalized spacial score (nSPS) is 23.5. The lowest BCUT2D eigenvalue weighted by atomic mass is 10.0. The number of rotatable bonds is 4. The first-order valence-corrected chi connectivity index (χ1v) is 8.74. The summed E-state index contributed by atoms with van der Waals surface area (Å²) in [5, 5.41) is 4.51. The molecule has 0 N–H and O–H groups in total. The van der Waals surface area contributed by atoms with Gasteiger partial charge in [-0.25, -0.2) is 4.68 Å². The Hall–Kier alpha value is -1.60. The summed E-state index contributed by atoms with van der Waals surface area (Å²) in [5.74, 6) is 1.00. The quantitative estimate of drug-likeness (QED) is 0.825. The number of amides is 1. The molecule has 2 atom stereocenters. The molecule has 2 aliphatic rings. The Kier molecular flexibility index (Phi) is 5.10. The van der Waals surface area contributed by atoms with Gasteiger partial charge in [-0.1, -0.05) is 0 Å². The van der Waals surface area contributed by atoms with Crippen molar-refractivity contribution in [2.24, 2.45) is 7.05 Å². The maximum atomic E-state index is 12.9. The predicted octanol–water partition coefficient (Wildman–Crippen LogP) is 1.12. The molecule has 1 aromatic rings. The molecule has 134 valence electrons. The zero-order chi connectivity index (χ0) is 17.3. The number of carbonyl (C=O) groups excluding carboxylic acids is 1. The van der Waals surface area contributed by atoms with Gasteiger partial charge in [0, 0.05) is 26.2 Å². The number of hydrogen-bond donors (Lipinski definition) is 0. The lowest BCUT2D eigenvalue weighted by Crippen LogP contribution is -2.50. The van der Waals surface area contributed by atoms with Crippen LogP contribution < -0.4 is 4.74 Å². The van der Waals surface area contributed by atoms with Crippen molar-refractivity contribution in [3.05, 3.63) is 11.3 Å². The van der Waals surface area contributed by atoms with Crippen molar-refractivity contribution in [2.45, 2.75) is 38.8 Å². The Balaban J connectivity index is 1.81. The van der Waals surface area contributed by atoms with E-state index in [9.17, 15) is 4.79 Å². The van der Waals surface area contributed by atoms with Gasteiger partial charge in [0.05, 0.1) is 37.6 Å². The number of hydrogen-bond acceptors (Lipinski definition) is 5. The Labute approximate surface area is 143 Å². The summed E-state index contributed by atoms with van der Waals surface area (Å²) < 4.78 is 12.7. The minimum atomic E-state index is -0.139. The fourth-order valence-electron chi connectivity index (χ4n) is 4.03. The average molecular weight is 336 g/mol. The van der Waals surface area contributed by atoms with Crippen molar-refractivity contribution in [1.82, 2.24) is 19.6 Å². The third kappa shape index (κ3) is 3.02. The molecular weight excluding hydrogens is 308 g/mol. The maximum absolute atomic E-state index is 12.9. The SMILES string of the molecule is COc1c([C@@H]2CCCN2[C@@H](C)C(=O)N2CCOCC2)c(C)nn1C. The summed E-state index contributed by atoms with van der Waals surface area (Å²) >= 11 is 0. The first-order chi connectivity index (χ1) is 11.5. The van der Waals surface area contributed by atoms with Crippen molar-refractivity contribution in [3.63, 3.8) is 0 Å². The van der Waals surface area contributed by atoms with Crippen LogP contribution in [-0.2, 0) is 16.6 Å². The summed E-state index contributed by atoms with van der Waals surface area (Å²) in [6, 6.07) is 0.0496. The second-order valence-electron chi connectivity index (χ2n) is 6.64. The van der Waals surface area contributed by atoms with Crippen LogP contribution in [0.25, 0.3) is 0 Å². The molecule has 0 aromatic carbocycles. The Morgan fingerprint density at radius 2 is 2.04 bits per heavy atom. The van der Waals surface area contributed by atoms with Gasteiger partial charge in [0.15, 0.2) is 0 Å². The molecule has 0 bridgehead atoms. The molecule has 7 heteroatoms.